The predicted molar refractivity (Wildman–Crippen MR) is 143 cm³/mol. The van der Waals surface area contributed by atoms with E-state index in [1.807, 2.05) is 13.1 Å². The van der Waals surface area contributed by atoms with E-state index in [0.29, 0.717) is 38.3 Å². The molecule has 5 rings (SSSR count). The normalized spacial score (nSPS) is 21.2. The number of carbonyl (C=O) groups is 2. The highest BCUT2D eigenvalue weighted by molar-refractivity contribution is 7.93. The Balaban J connectivity index is 1.41. The first-order chi connectivity index (χ1) is 18.2. The molecule has 38 heavy (non-hydrogen) atoms. The third-order valence-corrected chi connectivity index (χ3v) is 9.27. The van der Waals surface area contributed by atoms with Crippen molar-refractivity contribution in [1.29, 1.82) is 0 Å². The number of carbonyl (C=O) groups excluding carboxylic acids is 2. The van der Waals surface area contributed by atoms with Crippen LogP contribution >= 0.6 is 0 Å². The number of piperazine rings is 1. The molecule has 3 aliphatic rings. The predicted octanol–water partition coefficient (Wildman–Crippen LogP) is 1.77. The maximum absolute atomic E-state index is 13.7. The number of pyridine rings is 1. The zero-order valence-electron chi connectivity index (χ0n) is 21.7. The molecule has 1 aromatic heterocycles. The van der Waals surface area contributed by atoms with Gasteiger partial charge in [0.1, 0.15) is 12.4 Å². The van der Waals surface area contributed by atoms with Gasteiger partial charge in [-0.05, 0) is 49.1 Å². The Kier molecular flexibility index (Phi) is 7.19. The molecule has 2 aromatic rings. The number of aliphatic hydroxyl groups is 1. The second kappa shape index (κ2) is 10.4. The first-order valence-electron chi connectivity index (χ1n) is 12.9. The van der Waals surface area contributed by atoms with Gasteiger partial charge >= 0.3 is 6.09 Å². The fourth-order valence-electron chi connectivity index (χ4n) is 5.32. The van der Waals surface area contributed by atoms with Crippen LogP contribution in [0.2, 0.25) is 0 Å². The van der Waals surface area contributed by atoms with Gasteiger partial charge in [-0.25, -0.2) is 18.2 Å². The highest BCUT2D eigenvalue weighted by atomic mass is 32.2. The molecule has 0 radical (unpaired) electrons. The van der Waals surface area contributed by atoms with Crippen LogP contribution in [0.1, 0.15) is 34.8 Å². The molecule has 0 saturated carbocycles. The van der Waals surface area contributed by atoms with E-state index in [-0.39, 0.29) is 42.7 Å². The Morgan fingerprint density at radius 3 is 2.55 bits per heavy atom. The Labute approximate surface area is 222 Å². The van der Waals surface area contributed by atoms with Crippen LogP contribution in [0.3, 0.4) is 0 Å². The van der Waals surface area contributed by atoms with Gasteiger partial charge in [-0.3, -0.25) is 14.0 Å². The molecule has 1 N–H and O–H groups in total. The molecule has 0 aliphatic carbocycles. The van der Waals surface area contributed by atoms with Crippen LogP contribution < -0.4 is 14.1 Å². The Morgan fingerprint density at radius 2 is 1.92 bits per heavy atom. The number of ether oxygens (including phenoxy) is 1. The molecule has 1 aromatic carbocycles. The summed E-state index contributed by atoms with van der Waals surface area (Å²) in [6.07, 6.45) is 2.64. The van der Waals surface area contributed by atoms with Crippen LogP contribution in [-0.4, -0.2) is 93.1 Å². The Hall–Kier alpha value is -3.38. The highest BCUT2D eigenvalue weighted by Gasteiger charge is 2.37. The molecule has 204 valence electrons. The zero-order valence-corrected chi connectivity index (χ0v) is 22.5. The molecule has 0 spiro atoms. The lowest BCUT2D eigenvalue weighted by Crippen LogP contribution is -2.49. The summed E-state index contributed by atoms with van der Waals surface area (Å²) < 4.78 is 32.0. The standard InChI is InChI=1S/C26H33N5O6S/c1-3-19-13-18(2)24(27-15-19)28-8-10-29(11-9-28)25(33)22-6-5-20(31-21(16-32)17-37-26(31)34)14-23(22)30-7-4-12-38(30,35)36/h5-6,13-15,21,32H,3-4,7-12,16-17H2,1-2H3. The number of aryl methyl sites for hydroxylation is 2. The van der Waals surface area contributed by atoms with Gasteiger partial charge in [0.05, 0.1) is 29.7 Å². The third kappa shape index (κ3) is 4.78. The summed E-state index contributed by atoms with van der Waals surface area (Å²) in [6, 6.07) is 6.28. The van der Waals surface area contributed by atoms with E-state index in [4.69, 9.17) is 4.74 Å². The maximum atomic E-state index is 13.7. The fourth-order valence-corrected chi connectivity index (χ4v) is 6.89. The fraction of sp³-hybridized carbons (Fsp3) is 0.500. The van der Waals surface area contributed by atoms with Crippen molar-refractivity contribution in [3.63, 3.8) is 0 Å². The lowest BCUT2D eigenvalue weighted by atomic mass is 10.1. The molecule has 0 bridgehead atoms. The molecule has 2 amide bonds. The van der Waals surface area contributed by atoms with Crippen LogP contribution in [0, 0.1) is 6.92 Å². The highest BCUT2D eigenvalue weighted by Crippen LogP contribution is 2.35. The van der Waals surface area contributed by atoms with Crippen LogP contribution in [-0.2, 0) is 21.2 Å². The van der Waals surface area contributed by atoms with Gasteiger partial charge in [0, 0.05) is 44.6 Å². The largest absolute Gasteiger partial charge is 0.447 e. The lowest BCUT2D eigenvalue weighted by molar-refractivity contribution is 0.0747. The van der Waals surface area contributed by atoms with Crippen molar-refractivity contribution in [1.82, 2.24) is 9.88 Å². The number of benzene rings is 1. The molecule has 1 unspecified atom stereocenters. The smallest absolute Gasteiger partial charge is 0.414 e. The van der Waals surface area contributed by atoms with E-state index in [2.05, 4.69) is 22.9 Å². The number of amides is 2. The number of aliphatic hydroxyl groups excluding tert-OH is 1. The summed E-state index contributed by atoms with van der Waals surface area (Å²) in [5.74, 6) is 0.651. The molecule has 11 nitrogen and oxygen atoms in total. The van der Waals surface area contributed by atoms with Crippen molar-refractivity contribution in [3.8, 4) is 0 Å². The van der Waals surface area contributed by atoms with Gasteiger partial charge in [0.25, 0.3) is 5.91 Å². The average Bonchev–Trinajstić information content (AvgIpc) is 3.48. The van der Waals surface area contributed by atoms with Gasteiger partial charge in [-0.15, -0.1) is 0 Å². The quantitative estimate of drug-likeness (QED) is 0.585. The van der Waals surface area contributed by atoms with E-state index in [9.17, 15) is 23.1 Å². The molecule has 4 heterocycles. The molecular weight excluding hydrogens is 510 g/mol. The number of anilines is 3. The van der Waals surface area contributed by atoms with Crippen molar-refractivity contribution in [3.05, 3.63) is 47.2 Å². The Morgan fingerprint density at radius 1 is 1.16 bits per heavy atom. The minimum atomic E-state index is -3.59. The zero-order chi connectivity index (χ0) is 27.0. The molecule has 3 saturated heterocycles. The first-order valence-corrected chi connectivity index (χ1v) is 14.6. The lowest BCUT2D eigenvalue weighted by Gasteiger charge is -2.36. The number of rotatable bonds is 6. The molecule has 12 heteroatoms. The summed E-state index contributed by atoms with van der Waals surface area (Å²) in [4.78, 5) is 35.9. The summed E-state index contributed by atoms with van der Waals surface area (Å²) in [5.41, 5.74) is 3.17. The first kappa shape index (κ1) is 26.2. The average molecular weight is 544 g/mol. The second-order valence-corrected chi connectivity index (χ2v) is 11.9. The number of aromatic nitrogens is 1. The number of nitrogens with zero attached hydrogens (tertiary/aromatic N) is 5. The van der Waals surface area contributed by atoms with Crippen LogP contribution in [0.5, 0.6) is 0 Å². The van der Waals surface area contributed by atoms with Crippen molar-refractivity contribution >= 4 is 39.2 Å². The molecule has 3 fully saturated rings. The molecule has 3 aliphatic heterocycles. The number of hydrogen-bond donors (Lipinski definition) is 1. The van der Waals surface area contributed by atoms with Gasteiger partial charge in [0.2, 0.25) is 10.0 Å². The minimum absolute atomic E-state index is 0.00226. The monoisotopic (exact) mass is 543 g/mol. The number of sulfonamides is 1. The molecular formula is C26H33N5O6S. The van der Waals surface area contributed by atoms with Crippen LogP contribution in [0.4, 0.5) is 22.0 Å². The van der Waals surface area contributed by atoms with Crippen molar-refractivity contribution < 1.29 is 27.9 Å². The summed E-state index contributed by atoms with van der Waals surface area (Å²) in [7, 11) is -3.59. The SMILES string of the molecule is CCc1cnc(N2CCN(C(=O)c3ccc(N4C(=O)OCC4CO)cc3N3CCCS3(=O)=O)CC2)c(C)c1. The van der Waals surface area contributed by atoms with Gasteiger partial charge in [0.15, 0.2) is 0 Å². The van der Waals surface area contributed by atoms with E-state index < -0.39 is 22.2 Å². The maximum Gasteiger partial charge on any atom is 0.414 e. The summed E-state index contributed by atoms with van der Waals surface area (Å²) >= 11 is 0. The van der Waals surface area contributed by atoms with Crippen molar-refractivity contribution in [2.75, 3.05) is 65.8 Å². The van der Waals surface area contributed by atoms with Gasteiger partial charge in [-0.2, -0.15) is 0 Å². The van der Waals surface area contributed by atoms with Crippen LogP contribution in [0.15, 0.2) is 30.5 Å². The van der Waals surface area contributed by atoms with Crippen LogP contribution in [0.25, 0.3) is 0 Å². The topological polar surface area (TPSA) is 124 Å². The minimum Gasteiger partial charge on any atom is -0.447 e. The summed E-state index contributed by atoms with van der Waals surface area (Å²) in [5, 5.41) is 9.69. The number of hydrogen-bond acceptors (Lipinski definition) is 8. The summed E-state index contributed by atoms with van der Waals surface area (Å²) in [6.45, 7) is 6.28. The van der Waals surface area contributed by atoms with Crippen molar-refractivity contribution in [2.45, 2.75) is 32.7 Å². The van der Waals surface area contributed by atoms with Gasteiger partial charge < -0.3 is 19.6 Å². The van der Waals surface area contributed by atoms with E-state index >= 15 is 0 Å². The Bertz CT molecular complexity index is 1340. The van der Waals surface area contributed by atoms with Gasteiger partial charge in [-0.1, -0.05) is 13.0 Å². The van der Waals surface area contributed by atoms with Crippen molar-refractivity contribution in [2.24, 2.45) is 0 Å². The van der Waals surface area contributed by atoms with E-state index in [1.165, 1.54) is 14.8 Å². The van der Waals surface area contributed by atoms with E-state index in [1.54, 1.807) is 23.1 Å². The number of cyclic esters (lactones) is 1. The third-order valence-electron chi connectivity index (χ3n) is 7.41. The molecule has 1 atom stereocenters. The van der Waals surface area contributed by atoms with E-state index in [0.717, 1.165) is 17.8 Å². The second-order valence-electron chi connectivity index (χ2n) is 9.84.